The summed E-state index contributed by atoms with van der Waals surface area (Å²) in [4.78, 5) is 6.72. The van der Waals surface area contributed by atoms with E-state index in [0.717, 1.165) is 48.4 Å². The normalized spacial score (nSPS) is 16.7. The van der Waals surface area contributed by atoms with Gasteiger partial charge >= 0.3 is 0 Å². The van der Waals surface area contributed by atoms with Crippen molar-refractivity contribution >= 4 is 29.9 Å². The van der Waals surface area contributed by atoms with E-state index in [1.165, 1.54) is 5.56 Å². The number of aromatic nitrogens is 1. The highest BCUT2D eigenvalue weighted by Crippen LogP contribution is 2.32. The third kappa shape index (κ3) is 5.77. The first-order valence-corrected chi connectivity index (χ1v) is 9.68. The maximum Gasteiger partial charge on any atom is 0.194 e. The highest BCUT2D eigenvalue weighted by atomic mass is 127. The lowest BCUT2D eigenvalue weighted by atomic mass is 9.98. The molecule has 0 aliphatic carbocycles. The maximum atomic E-state index is 5.41. The molecule has 1 aliphatic rings. The number of nitrogens with one attached hydrogen (secondary N) is 1. The Morgan fingerprint density at radius 3 is 2.48 bits per heavy atom. The van der Waals surface area contributed by atoms with Gasteiger partial charge in [-0.1, -0.05) is 19.0 Å². The van der Waals surface area contributed by atoms with Gasteiger partial charge in [-0.2, -0.15) is 0 Å². The van der Waals surface area contributed by atoms with E-state index in [4.69, 9.17) is 14.0 Å². The van der Waals surface area contributed by atoms with Gasteiger partial charge in [0, 0.05) is 38.2 Å². The third-order valence-electron chi connectivity index (χ3n) is 5.13. The van der Waals surface area contributed by atoms with Crippen LogP contribution >= 0.6 is 24.0 Å². The second kappa shape index (κ2) is 10.7. The van der Waals surface area contributed by atoms with Gasteiger partial charge in [-0.3, -0.25) is 4.99 Å². The van der Waals surface area contributed by atoms with E-state index in [2.05, 4.69) is 46.3 Å². The number of aliphatic imine (C=N–C) groups is 1. The van der Waals surface area contributed by atoms with Crippen LogP contribution in [0.4, 0.5) is 0 Å². The molecule has 0 saturated carbocycles. The first kappa shape index (κ1) is 23.3. The first-order chi connectivity index (χ1) is 13.5. The Morgan fingerprint density at radius 2 is 1.93 bits per heavy atom. The molecule has 2 heterocycles. The van der Waals surface area contributed by atoms with Crippen molar-refractivity contribution in [2.24, 2.45) is 4.99 Å². The Labute approximate surface area is 189 Å². The van der Waals surface area contributed by atoms with Gasteiger partial charge in [-0.15, -0.1) is 24.0 Å². The van der Waals surface area contributed by atoms with Crippen LogP contribution in [0.15, 0.2) is 33.8 Å². The molecule has 1 aliphatic heterocycles. The zero-order valence-corrected chi connectivity index (χ0v) is 20.1. The molecule has 1 saturated heterocycles. The molecule has 1 atom stereocenters. The zero-order valence-electron chi connectivity index (χ0n) is 17.8. The summed E-state index contributed by atoms with van der Waals surface area (Å²) in [5.74, 6) is 4.09. The molecular weight excluding hydrogens is 483 g/mol. The lowest BCUT2D eigenvalue weighted by Gasteiger charge is -2.21. The molecule has 3 rings (SSSR count). The molecule has 1 aromatic heterocycles. The summed E-state index contributed by atoms with van der Waals surface area (Å²) in [5.41, 5.74) is 2.20. The third-order valence-corrected chi connectivity index (χ3v) is 5.13. The first-order valence-electron chi connectivity index (χ1n) is 9.68. The molecule has 7 nitrogen and oxygen atoms in total. The van der Waals surface area contributed by atoms with E-state index < -0.39 is 0 Å². The van der Waals surface area contributed by atoms with Crippen molar-refractivity contribution in [1.82, 2.24) is 15.4 Å². The van der Waals surface area contributed by atoms with E-state index >= 15 is 0 Å². The lowest BCUT2D eigenvalue weighted by Crippen LogP contribution is -2.39. The van der Waals surface area contributed by atoms with Crippen molar-refractivity contribution in [2.75, 3.05) is 34.4 Å². The summed E-state index contributed by atoms with van der Waals surface area (Å²) < 4.78 is 16.2. The highest BCUT2D eigenvalue weighted by Gasteiger charge is 2.27. The minimum atomic E-state index is 0. The highest BCUT2D eigenvalue weighted by molar-refractivity contribution is 14.0. The number of ether oxygens (including phenoxy) is 2. The fraction of sp³-hybridized carbons (Fsp3) is 0.524. The second-order valence-electron chi connectivity index (χ2n) is 7.35. The number of hydrogen-bond acceptors (Lipinski definition) is 5. The summed E-state index contributed by atoms with van der Waals surface area (Å²) in [6.07, 6.45) is 1.05. The number of hydrogen-bond donors (Lipinski definition) is 1. The van der Waals surface area contributed by atoms with Gasteiger partial charge < -0.3 is 24.2 Å². The van der Waals surface area contributed by atoms with Gasteiger partial charge in [0.05, 0.1) is 26.5 Å². The smallest absolute Gasteiger partial charge is 0.194 e. The van der Waals surface area contributed by atoms with Crippen LogP contribution in [0.25, 0.3) is 0 Å². The SMILES string of the molecule is CN=C(NCc1cc(C(C)C)no1)N1CCC(c2cc(OC)cc(OC)c2)C1.I. The largest absolute Gasteiger partial charge is 0.497 e. The van der Waals surface area contributed by atoms with Gasteiger partial charge in [0.2, 0.25) is 0 Å². The average Bonchev–Trinajstić information content (AvgIpc) is 3.38. The van der Waals surface area contributed by atoms with Gasteiger partial charge in [0.15, 0.2) is 11.7 Å². The summed E-state index contributed by atoms with van der Waals surface area (Å²) in [5, 5.41) is 7.50. The topological polar surface area (TPSA) is 72.1 Å². The van der Waals surface area contributed by atoms with Crippen molar-refractivity contribution in [3.05, 3.63) is 41.3 Å². The summed E-state index contributed by atoms with van der Waals surface area (Å²) in [6, 6.07) is 8.09. The number of methoxy groups -OCH3 is 2. The predicted octanol–water partition coefficient (Wildman–Crippen LogP) is 4.00. The number of likely N-dealkylation sites (tertiary alicyclic amines) is 1. The molecule has 0 radical (unpaired) electrons. The molecule has 1 N–H and O–H groups in total. The number of benzene rings is 1. The van der Waals surface area contributed by atoms with Crippen molar-refractivity contribution in [1.29, 1.82) is 0 Å². The van der Waals surface area contributed by atoms with Crippen LogP contribution < -0.4 is 14.8 Å². The molecule has 0 spiro atoms. The predicted molar refractivity (Wildman–Crippen MR) is 125 cm³/mol. The molecule has 29 heavy (non-hydrogen) atoms. The van der Waals surface area contributed by atoms with Crippen LogP contribution in [0.1, 0.15) is 49.1 Å². The molecule has 0 amide bonds. The number of guanidine groups is 1. The number of nitrogens with zero attached hydrogens (tertiary/aromatic N) is 3. The molecule has 2 aromatic rings. The van der Waals surface area contributed by atoms with E-state index in [0.29, 0.717) is 18.4 Å². The van der Waals surface area contributed by atoms with Crippen molar-refractivity contribution < 1.29 is 14.0 Å². The quantitative estimate of drug-likeness (QED) is 0.357. The summed E-state index contributed by atoms with van der Waals surface area (Å²) >= 11 is 0. The lowest BCUT2D eigenvalue weighted by molar-refractivity contribution is 0.369. The van der Waals surface area contributed by atoms with E-state index in [1.807, 2.05) is 19.2 Å². The molecule has 1 fully saturated rings. The monoisotopic (exact) mass is 514 g/mol. The summed E-state index contributed by atoms with van der Waals surface area (Å²) in [6.45, 7) is 6.61. The van der Waals surface area contributed by atoms with Crippen molar-refractivity contribution in [3.8, 4) is 11.5 Å². The fourth-order valence-corrected chi connectivity index (χ4v) is 3.47. The van der Waals surface area contributed by atoms with Crippen LogP contribution in [0, 0.1) is 0 Å². The maximum absolute atomic E-state index is 5.41. The minimum absolute atomic E-state index is 0. The van der Waals surface area contributed by atoms with E-state index in [1.54, 1.807) is 14.2 Å². The van der Waals surface area contributed by atoms with Gasteiger partial charge in [-0.05, 0) is 30.0 Å². The number of halogens is 1. The molecule has 8 heteroatoms. The van der Waals surface area contributed by atoms with E-state index in [9.17, 15) is 0 Å². The van der Waals surface area contributed by atoms with Crippen LogP contribution in [0.2, 0.25) is 0 Å². The van der Waals surface area contributed by atoms with Crippen molar-refractivity contribution in [2.45, 2.75) is 38.6 Å². The molecule has 160 valence electrons. The zero-order chi connectivity index (χ0) is 20.1. The minimum Gasteiger partial charge on any atom is -0.497 e. The van der Waals surface area contributed by atoms with E-state index in [-0.39, 0.29) is 24.0 Å². The standard InChI is InChI=1S/C21H30N4O3.HI/c1-14(2)20-11-19(28-24-20)12-23-21(22-3)25-7-6-15(13-25)16-8-17(26-4)10-18(9-16)27-5;/h8-11,14-15H,6-7,12-13H2,1-5H3,(H,22,23);1H. The number of rotatable bonds is 6. The van der Waals surface area contributed by atoms with Crippen LogP contribution in [0.3, 0.4) is 0 Å². The summed E-state index contributed by atoms with van der Waals surface area (Å²) in [7, 11) is 5.17. The Hall–Kier alpha value is -1.97. The Bertz CT molecular complexity index is 800. The molecule has 1 unspecified atom stereocenters. The van der Waals surface area contributed by atoms with Gasteiger partial charge in [-0.25, -0.2) is 0 Å². The van der Waals surface area contributed by atoms with Crippen LogP contribution in [-0.2, 0) is 6.54 Å². The van der Waals surface area contributed by atoms with Crippen LogP contribution in [0.5, 0.6) is 11.5 Å². The Morgan fingerprint density at radius 1 is 1.24 bits per heavy atom. The van der Waals surface area contributed by atoms with Gasteiger partial charge in [0.25, 0.3) is 0 Å². The molecular formula is C21H31IN4O3. The van der Waals surface area contributed by atoms with Gasteiger partial charge in [0.1, 0.15) is 11.5 Å². The van der Waals surface area contributed by atoms with Crippen molar-refractivity contribution in [3.63, 3.8) is 0 Å². The Balaban J connectivity index is 0.00000300. The van der Waals surface area contributed by atoms with Crippen LogP contribution in [-0.4, -0.2) is 50.4 Å². The molecule has 0 bridgehead atoms. The fourth-order valence-electron chi connectivity index (χ4n) is 3.47. The molecule has 1 aromatic carbocycles. The Kier molecular flexibility index (Phi) is 8.60. The second-order valence-corrected chi connectivity index (χ2v) is 7.35. The average molecular weight is 514 g/mol.